The van der Waals surface area contributed by atoms with Gasteiger partial charge in [-0.25, -0.2) is 13.1 Å². The Bertz CT molecular complexity index is 248. The number of rotatable bonds is 2. The van der Waals surface area contributed by atoms with E-state index in [2.05, 4.69) is 4.72 Å². The summed E-state index contributed by atoms with van der Waals surface area (Å²) >= 11 is 0. The van der Waals surface area contributed by atoms with Crippen LogP contribution in [-0.2, 0) is 10.0 Å². The predicted molar refractivity (Wildman–Crippen MR) is 54.0 cm³/mol. The Kier molecular flexibility index (Phi) is 3.74. The summed E-state index contributed by atoms with van der Waals surface area (Å²) in [5.41, 5.74) is 0. The molecule has 0 heterocycles. The molecule has 0 aliphatic heterocycles. The first kappa shape index (κ1) is 11.0. The van der Waals surface area contributed by atoms with Crippen LogP contribution in [0.25, 0.3) is 0 Å². The molecule has 0 radical (unpaired) electrons. The van der Waals surface area contributed by atoms with Gasteiger partial charge in [-0.3, -0.25) is 0 Å². The fourth-order valence-electron chi connectivity index (χ4n) is 2.07. The van der Waals surface area contributed by atoms with Crippen molar-refractivity contribution < 1.29 is 8.42 Å². The standard InChI is InChI=1S/C9H19NO2S/c1-8-6-4-3-5-7-9(8)13(11,12)10-2/h8-10H,3-7H2,1-2H3. The first-order chi connectivity index (χ1) is 6.08. The molecule has 1 aliphatic carbocycles. The van der Waals surface area contributed by atoms with Crippen LogP contribution >= 0.6 is 0 Å². The molecule has 0 aromatic heterocycles. The van der Waals surface area contributed by atoms with E-state index in [1.165, 1.54) is 19.9 Å². The zero-order valence-corrected chi connectivity index (χ0v) is 9.23. The van der Waals surface area contributed by atoms with E-state index in [1.807, 2.05) is 6.92 Å². The van der Waals surface area contributed by atoms with Gasteiger partial charge in [0.15, 0.2) is 0 Å². The van der Waals surface area contributed by atoms with Crippen LogP contribution in [0.15, 0.2) is 0 Å². The van der Waals surface area contributed by atoms with E-state index >= 15 is 0 Å². The Morgan fingerprint density at radius 3 is 2.38 bits per heavy atom. The van der Waals surface area contributed by atoms with Crippen LogP contribution in [0.3, 0.4) is 0 Å². The third kappa shape index (κ3) is 2.68. The molecule has 13 heavy (non-hydrogen) atoms. The minimum absolute atomic E-state index is 0.167. The van der Waals surface area contributed by atoms with Gasteiger partial charge in [0.25, 0.3) is 0 Å². The summed E-state index contributed by atoms with van der Waals surface area (Å²) in [4.78, 5) is 0. The van der Waals surface area contributed by atoms with Gasteiger partial charge in [0.1, 0.15) is 0 Å². The van der Waals surface area contributed by atoms with Crippen molar-refractivity contribution >= 4 is 10.0 Å². The monoisotopic (exact) mass is 205 g/mol. The Balaban J connectivity index is 2.75. The zero-order chi connectivity index (χ0) is 9.90. The molecule has 1 fully saturated rings. The van der Waals surface area contributed by atoms with E-state index in [0.717, 1.165) is 19.3 Å². The Morgan fingerprint density at radius 2 is 1.77 bits per heavy atom. The summed E-state index contributed by atoms with van der Waals surface area (Å²) in [6.45, 7) is 2.05. The highest BCUT2D eigenvalue weighted by Gasteiger charge is 2.30. The molecule has 4 heteroatoms. The summed E-state index contributed by atoms with van der Waals surface area (Å²) in [5.74, 6) is 0.306. The van der Waals surface area contributed by atoms with Crippen LogP contribution in [-0.4, -0.2) is 20.7 Å². The summed E-state index contributed by atoms with van der Waals surface area (Å²) in [6.07, 6.45) is 5.28. The Labute approximate surface area is 81.0 Å². The molecule has 0 amide bonds. The second kappa shape index (κ2) is 4.42. The van der Waals surface area contributed by atoms with Gasteiger partial charge in [-0.2, -0.15) is 0 Å². The van der Waals surface area contributed by atoms with Gasteiger partial charge in [-0.05, 0) is 25.8 Å². The van der Waals surface area contributed by atoms with Crippen LogP contribution in [0, 0.1) is 5.92 Å². The molecular formula is C9H19NO2S. The maximum Gasteiger partial charge on any atom is 0.214 e. The molecule has 1 aliphatic rings. The minimum Gasteiger partial charge on any atom is -0.218 e. The van der Waals surface area contributed by atoms with Gasteiger partial charge in [0.05, 0.1) is 5.25 Å². The fraction of sp³-hybridized carbons (Fsp3) is 1.00. The second-order valence-corrected chi connectivity index (χ2v) is 6.01. The van der Waals surface area contributed by atoms with Crippen molar-refractivity contribution in [2.45, 2.75) is 44.3 Å². The number of hydrogen-bond donors (Lipinski definition) is 1. The van der Waals surface area contributed by atoms with E-state index in [1.54, 1.807) is 0 Å². The summed E-state index contributed by atoms with van der Waals surface area (Å²) in [7, 11) is -1.54. The van der Waals surface area contributed by atoms with E-state index in [4.69, 9.17) is 0 Å². The van der Waals surface area contributed by atoms with Gasteiger partial charge < -0.3 is 0 Å². The number of nitrogens with one attached hydrogen (secondary N) is 1. The summed E-state index contributed by atoms with van der Waals surface area (Å²) in [5, 5.41) is -0.167. The van der Waals surface area contributed by atoms with E-state index in [0.29, 0.717) is 5.92 Å². The molecule has 0 saturated heterocycles. The second-order valence-electron chi connectivity index (χ2n) is 3.90. The highest BCUT2D eigenvalue weighted by Crippen LogP contribution is 2.27. The molecule has 1 rings (SSSR count). The van der Waals surface area contributed by atoms with Crippen molar-refractivity contribution in [1.29, 1.82) is 0 Å². The van der Waals surface area contributed by atoms with Crippen molar-refractivity contribution in [2.75, 3.05) is 7.05 Å². The average Bonchev–Trinajstić information content (AvgIpc) is 2.30. The predicted octanol–water partition coefficient (Wildman–Crippen LogP) is 1.50. The van der Waals surface area contributed by atoms with E-state index in [-0.39, 0.29) is 5.25 Å². The fourth-order valence-corrected chi connectivity index (χ4v) is 3.60. The van der Waals surface area contributed by atoms with Gasteiger partial charge in [0.2, 0.25) is 10.0 Å². The lowest BCUT2D eigenvalue weighted by Crippen LogP contribution is -2.35. The molecule has 0 aromatic carbocycles. The Morgan fingerprint density at radius 1 is 1.15 bits per heavy atom. The molecule has 78 valence electrons. The first-order valence-corrected chi connectivity index (χ1v) is 6.55. The maximum absolute atomic E-state index is 11.6. The van der Waals surface area contributed by atoms with Gasteiger partial charge in [-0.15, -0.1) is 0 Å². The smallest absolute Gasteiger partial charge is 0.214 e. The van der Waals surface area contributed by atoms with Crippen LogP contribution in [0.1, 0.15) is 39.0 Å². The maximum atomic E-state index is 11.6. The van der Waals surface area contributed by atoms with Crippen LogP contribution < -0.4 is 4.72 Å². The molecule has 1 N–H and O–H groups in total. The third-order valence-electron chi connectivity index (χ3n) is 2.97. The average molecular weight is 205 g/mol. The van der Waals surface area contributed by atoms with Crippen LogP contribution in [0.2, 0.25) is 0 Å². The van der Waals surface area contributed by atoms with Crippen molar-refractivity contribution in [3.63, 3.8) is 0 Å². The van der Waals surface area contributed by atoms with Gasteiger partial charge in [0, 0.05) is 0 Å². The minimum atomic E-state index is -3.04. The van der Waals surface area contributed by atoms with Crippen LogP contribution in [0.4, 0.5) is 0 Å². The summed E-state index contributed by atoms with van der Waals surface area (Å²) < 4.78 is 25.7. The highest BCUT2D eigenvalue weighted by atomic mass is 32.2. The van der Waals surface area contributed by atoms with Gasteiger partial charge in [-0.1, -0.05) is 26.2 Å². The van der Waals surface area contributed by atoms with Crippen molar-refractivity contribution in [1.82, 2.24) is 4.72 Å². The van der Waals surface area contributed by atoms with Crippen molar-refractivity contribution in [2.24, 2.45) is 5.92 Å². The normalized spacial score (nSPS) is 31.2. The number of sulfonamides is 1. The quantitative estimate of drug-likeness (QED) is 0.694. The molecule has 0 spiro atoms. The van der Waals surface area contributed by atoms with Crippen molar-refractivity contribution in [3.05, 3.63) is 0 Å². The molecule has 0 bridgehead atoms. The largest absolute Gasteiger partial charge is 0.218 e. The van der Waals surface area contributed by atoms with E-state index < -0.39 is 10.0 Å². The molecular weight excluding hydrogens is 186 g/mol. The molecule has 1 saturated carbocycles. The molecule has 2 atom stereocenters. The lowest BCUT2D eigenvalue weighted by molar-refractivity contribution is 0.478. The topological polar surface area (TPSA) is 46.2 Å². The molecule has 2 unspecified atom stereocenters. The van der Waals surface area contributed by atoms with Gasteiger partial charge >= 0.3 is 0 Å². The SMILES string of the molecule is CNS(=O)(=O)C1CCCCCC1C. The lowest BCUT2D eigenvalue weighted by Gasteiger charge is -2.20. The number of hydrogen-bond acceptors (Lipinski definition) is 2. The zero-order valence-electron chi connectivity index (χ0n) is 8.41. The lowest BCUT2D eigenvalue weighted by atomic mass is 10.0. The molecule has 0 aromatic rings. The third-order valence-corrected chi connectivity index (χ3v) is 5.03. The molecule has 3 nitrogen and oxygen atoms in total. The van der Waals surface area contributed by atoms with Crippen LogP contribution in [0.5, 0.6) is 0 Å². The Hall–Kier alpha value is -0.0900. The van der Waals surface area contributed by atoms with Crippen molar-refractivity contribution in [3.8, 4) is 0 Å². The highest BCUT2D eigenvalue weighted by molar-refractivity contribution is 7.90. The summed E-state index contributed by atoms with van der Waals surface area (Å²) in [6, 6.07) is 0. The van der Waals surface area contributed by atoms with E-state index in [9.17, 15) is 8.42 Å². The first-order valence-electron chi connectivity index (χ1n) is 5.00.